The minimum atomic E-state index is 0.0772. The fourth-order valence-corrected chi connectivity index (χ4v) is 4.23. The van der Waals surface area contributed by atoms with Crippen LogP contribution < -0.4 is 10.1 Å². The number of hydrogen-bond donors (Lipinski definition) is 1. The Balaban J connectivity index is 1.29. The molecular weight excluding hydrogens is 434 g/mol. The quantitative estimate of drug-likeness (QED) is 0.262. The Kier molecular flexibility index (Phi) is 8.55. The number of rotatable bonds is 12. The standard InChI is InChI=1S/C30H35N3O2/c1-23(2)25-14-16-26(17-15-25)35-22-8-21-33-28-12-7-6-11-27(28)32-29(33)19-20-31-30(34)18-13-24-9-4-3-5-10-24/h3-7,9-12,14-17,23H,8,13,18-22H2,1-2H3,(H,31,34). The summed E-state index contributed by atoms with van der Waals surface area (Å²) in [5, 5.41) is 3.06. The van der Waals surface area contributed by atoms with E-state index in [0.29, 0.717) is 31.9 Å². The number of fused-ring (bicyclic) bond motifs is 1. The number of para-hydroxylation sites is 2. The van der Waals surface area contributed by atoms with Crippen LogP contribution in [0.2, 0.25) is 0 Å². The molecule has 0 radical (unpaired) electrons. The maximum atomic E-state index is 12.3. The largest absolute Gasteiger partial charge is 0.494 e. The molecule has 1 N–H and O–H groups in total. The molecule has 1 heterocycles. The lowest BCUT2D eigenvalue weighted by Gasteiger charge is -2.12. The SMILES string of the molecule is CC(C)c1ccc(OCCCn2c(CCNC(=O)CCc3ccccc3)nc3ccccc32)cc1. The lowest BCUT2D eigenvalue weighted by atomic mass is 10.0. The molecule has 0 fully saturated rings. The highest BCUT2D eigenvalue weighted by Gasteiger charge is 2.11. The molecule has 0 aliphatic rings. The summed E-state index contributed by atoms with van der Waals surface area (Å²) >= 11 is 0. The highest BCUT2D eigenvalue weighted by atomic mass is 16.5. The van der Waals surface area contributed by atoms with Crippen molar-refractivity contribution in [3.8, 4) is 5.75 Å². The Morgan fingerprint density at radius 2 is 1.69 bits per heavy atom. The van der Waals surface area contributed by atoms with Crippen LogP contribution in [-0.2, 0) is 24.2 Å². The third kappa shape index (κ3) is 6.95. The van der Waals surface area contributed by atoms with Crippen molar-refractivity contribution >= 4 is 16.9 Å². The van der Waals surface area contributed by atoms with Gasteiger partial charge in [-0.05, 0) is 54.2 Å². The van der Waals surface area contributed by atoms with Crippen LogP contribution in [0.3, 0.4) is 0 Å². The summed E-state index contributed by atoms with van der Waals surface area (Å²) in [4.78, 5) is 17.1. The molecule has 5 heteroatoms. The zero-order valence-electron chi connectivity index (χ0n) is 20.7. The van der Waals surface area contributed by atoms with Crippen LogP contribution in [0.4, 0.5) is 0 Å². The molecule has 35 heavy (non-hydrogen) atoms. The van der Waals surface area contributed by atoms with Gasteiger partial charge in [0.15, 0.2) is 0 Å². The van der Waals surface area contributed by atoms with E-state index in [2.05, 4.69) is 54.1 Å². The number of nitrogens with zero attached hydrogens (tertiary/aromatic N) is 2. The van der Waals surface area contributed by atoms with Crippen LogP contribution in [-0.4, -0.2) is 28.6 Å². The second-order valence-corrected chi connectivity index (χ2v) is 9.18. The van der Waals surface area contributed by atoms with Gasteiger partial charge in [-0.1, -0.05) is 68.4 Å². The van der Waals surface area contributed by atoms with Gasteiger partial charge < -0.3 is 14.6 Å². The van der Waals surface area contributed by atoms with E-state index in [1.54, 1.807) is 0 Å². The number of nitrogens with one attached hydrogen (secondary N) is 1. The van der Waals surface area contributed by atoms with Gasteiger partial charge in [-0.25, -0.2) is 4.98 Å². The minimum Gasteiger partial charge on any atom is -0.494 e. The average Bonchev–Trinajstić information content (AvgIpc) is 3.23. The molecule has 0 aliphatic carbocycles. The lowest BCUT2D eigenvalue weighted by molar-refractivity contribution is -0.121. The van der Waals surface area contributed by atoms with Gasteiger partial charge in [0, 0.05) is 25.9 Å². The first-order chi connectivity index (χ1) is 17.1. The van der Waals surface area contributed by atoms with Crippen molar-refractivity contribution in [1.82, 2.24) is 14.9 Å². The fraction of sp³-hybridized carbons (Fsp3) is 0.333. The maximum Gasteiger partial charge on any atom is 0.220 e. The number of ether oxygens (including phenoxy) is 1. The molecule has 0 atom stereocenters. The van der Waals surface area contributed by atoms with E-state index < -0.39 is 0 Å². The summed E-state index contributed by atoms with van der Waals surface area (Å²) in [5.41, 5.74) is 4.61. The van der Waals surface area contributed by atoms with Gasteiger partial charge in [0.2, 0.25) is 5.91 Å². The van der Waals surface area contributed by atoms with Crippen molar-refractivity contribution in [3.05, 3.63) is 95.8 Å². The highest BCUT2D eigenvalue weighted by molar-refractivity contribution is 5.77. The van der Waals surface area contributed by atoms with Crippen LogP contribution >= 0.6 is 0 Å². The van der Waals surface area contributed by atoms with Gasteiger partial charge in [-0.15, -0.1) is 0 Å². The summed E-state index contributed by atoms with van der Waals surface area (Å²) in [6.45, 7) is 6.43. The summed E-state index contributed by atoms with van der Waals surface area (Å²) in [6, 6.07) is 26.7. The summed E-state index contributed by atoms with van der Waals surface area (Å²) in [6.07, 6.45) is 2.83. The zero-order valence-corrected chi connectivity index (χ0v) is 20.7. The molecule has 1 amide bonds. The number of benzene rings is 3. The average molecular weight is 470 g/mol. The van der Waals surface area contributed by atoms with Gasteiger partial charge in [-0.2, -0.15) is 0 Å². The molecule has 5 nitrogen and oxygen atoms in total. The van der Waals surface area contributed by atoms with Crippen molar-refractivity contribution < 1.29 is 9.53 Å². The van der Waals surface area contributed by atoms with E-state index in [4.69, 9.17) is 9.72 Å². The van der Waals surface area contributed by atoms with Gasteiger partial charge in [0.25, 0.3) is 0 Å². The first-order valence-corrected chi connectivity index (χ1v) is 12.6. The summed E-state index contributed by atoms with van der Waals surface area (Å²) in [7, 11) is 0. The highest BCUT2D eigenvalue weighted by Crippen LogP contribution is 2.20. The number of hydrogen-bond acceptors (Lipinski definition) is 3. The Bertz CT molecular complexity index is 1210. The molecule has 0 unspecified atom stereocenters. The Morgan fingerprint density at radius 3 is 2.46 bits per heavy atom. The monoisotopic (exact) mass is 469 g/mol. The number of aromatic nitrogens is 2. The van der Waals surface area contributed by atoms with Crippen molar-refractivity contribution in [2.45, 2.75) is 52.0 Å². The van der Waals surface area contributed by atoms with Crippen molar-refractivity contribution in [2.75, 3.05) is 13.2 Å². The number of amides is 1. The Labute approximate surface area is 208 Å². The molecular formula is C30H35N3O2. The van der Waals surface area contributed by atoms with Crippen LogP contribution in [0.15, 0.2) is 78.9 Å². The zero-order chi connectivity index (χ0) is 24.5. The van der Waals surface area contributed by atoms with Crippen molar-refractivity contribution in [2.24, 2.45) is 0 Å². The second-order valence-electron chi connectivity index (χ2n) is 9.18. The van der Waals surface area contributed by atoms with Crippen LogP contribution in [0.1, 0.15) is 49.6 Å². The second kappa shape index (κ2) is 12.2. The molecule has 4 aromatic rings. The Hall–Kier alpha value is -3.60. The number of carbonyl (C=O) groups excluding carboxylic acids is 1. The smallest absolute Gasteiger partial charge is 0.220 e. The molecule has 0 aliphatic heterocycles. The van der Waals surface area contributed by atoms with E-state index in [1.807, 2.05) is 48.5 Å². The molecule has 0 spiro atoms. The topological polar surface area (TPSA) is 56.1 Å². The number of imidazole rings is 1. The minimum absolute atomic E-state index is 0.0772. The predicted molar refractivity (Wildman–Crippen MR) is 142 cm³/mol. The first-order valence-electron chi connectivity index (χ1n) is 12.6. The van der Waals surface area contributed by atoms with E-state index in [-0.39, 0.29) is 5.91 Å². The molecule has 182 valence electrons. The first kappa shape index (κ1) is 24.5. The van der Waals surface area contributed by atoms with Gasteiger partial charge in [0.1, 0.15) is 11.6 Å². The van der Waals surface area contributed by atoms with E-state index in [0.717, 1.165) is 42.0 Å². The van der Waals surface area contributed by atoms with Gasteiger partial charge in [-0.3, -0.25) is 4.79 Å². The molecule has 0 saturated heterocycles. The molecule has 0 bridgehead atoms. The van der Waals surface area contributed by atoms with Crippen LogP contribution in [0.25, 0.3) is 11.0 Å². The molecule has 3 aromatic carbocycles. The van der Waals surface area contributed by atoms with Crippen LogP contribution in [0, 0.1) is 0 Å². The van der Waals surface area contributed by atoms with E-state index >= 15 is 0 Å². The van der Waals surface area contributed by atoms with Crippen LogP contribution in [0.5, 0.6) is 5.75 Å². The fourth-order valence-electron chi connectivity index (χ4n) is 4.23. The van der Waals surface area contributed by atoms with E-state index in [9.17, 15) is 4.79 Å². The maximum absolute atomic E-state index is 12.3. The van der Waals surface area contributed by atoms with E-state index in [1.165, 1.54) is 11.1 Å². The van der Waals surface area contributed by atoms with Gasteiger partial charge >= 0.3 is 0 Å². The molecule has 0 saturated carbocycles. The third-order valence-electron chi connectivity index (χ3n) is 6.23. The predicted octanol–water partition coefficient (Wildman–Crippen LogP) is 5.92. The summed E-state index contributed by atoms with van der Waals surface area (Å²) < 4.78 is 8.24. The molecule has 1 aromatic heterocycles. The lowest BCUT2D eigenvalue weighted by Crippen LogP contribution is -2.26. The van der Waals surface area contributed by atoms with Crippen molar-refractivity contribution in [3.63, 3.8) is 0 Å². The third-order valence-corrected chi connectivity index (χ3v) is 6.23. The number of carbonyl (C=O) groups is 1. The van der Waals surface area contributed by atoms with Crippen molar-refractivity contribution in [1.29, 1.82) is 0 Å². The summed E-state index contributed by atoms with van der Waals surface area (Å²) in [5.74, 6) is 2.50. The number of aryl methyl sites for hydroxylation is 2. The Morgan fingerprint density at radius 1 is 0.943 bits per heavy atom. The van der Waals surface area contributed by atoms with Gasteiger partial charge in [0.05, 0.1) is 17.6 Å². The normalized spacial score (nSPS) is 11.2. The molecule has 4 rings (SSSR count).